The SMILES string of the molecule is CNC(=O)Nc1sc(-c2ccc(C#N)cc2)cc1C(N)=O.CNC(=O)Nc1sc(-c2ccc(CO)cc2)cc1C(N)=O.CNC(=O)Nc1sc(-c2ccc(N(C)C)cc2)cc1C(N)=O.CNC(=O)Nc1sc(-c2ccc(OC)cc2)cc1C(N)=O.CNC(=O)Nc1sc(-c2ccc3c(c2)OCO3)cc1C(N)=O.CNC(=O)Nc1sc(-c2cccc(F)c2)cc1C(N)=O.CNC(=O)Nc1sc(-c2cccc(N)c2)cc1C(N)=O. The van der Waals surface area contributed by atoms with E-state index in [0.717, 1.165) is 91.0 Å². The van der Waals surface area contributed by atoms with E-state index >= 15 is 0 Å². The molecule has 0 spiro atoms. The lowest BCUT2D eigenvalue weighted by atomic mass is 10.1. The predicted octanol–water partition coefficient (Wildman–Crippen LogP) is 14.7. The van der Waals surface area contributed by atoms with Gasteiger partial charge >= 0.3 is 42.2 Å². The lowest BCUT2D eigenvalue weighted by Crippen LogP contribution is -2.25. The maximum atomic E-state index is 13.2. The highest BCUT2D eigenvalue weighted by Gasteiger charge is 2.26. The third-order valence-corrected chi connectivity index (χ3v) is 27.6. The lowest BCUT2D eigenvalue weighted by molar-refractivity contribution is 0.0993. The molecule has 50 heteroatoms. The number of benzene rings is 7. The first kappa shape index (κ1) is 113. The van der Waals surface area contributed by atoms with Crippen molar-refractivity contribution in [2.24, 2.45) is 40.1 Å². The Kier molecular flexibility index (Phi) is 41.2. The van der Waals surface area contributed by atoms with E-state index in [-0.39, 0.29) is 58.6 Å². The highest BCUT2D eigenvalue weighted by atomic mass is 32.1. The number of aliphatic hydroxyl groups is 1. The number of amides is 21. The number of nitrogens with two attached hydrogens (primary N) is 8. The fourth-order valence-electron chi connectivity index (χ4n) is 12.4. The minimum atomic E-state index is -0.657. The fraction of sp³-hybridized carbons (Fsp3) is 0.124. The van der Waals surface area contributed by atoms with Gasteiger partial charge in [-0.05, 0) is 178 Å². The van der Waals surface area contributed by atoms with E-state index in [4.69, 9.17) is 70.4 Å². The number of fused-ring (bicyclic) bond motifs is 1. The van der Waals surface area contributed by atoms with E-state index in [2.05, 4.69) is 74.4 Å². The van der Waals surface area contributed by atoms with Gasteiger partial charge in [0.1, 0.15) is 46.6 Å². The van der Waals surface area contributed by atoms with Crippen LogP contribution in [0, 0.1) is 17.1 Å². The molecule has 7 aromatic carbocycles. The van der Waals surface area contributed by atoms with Gasteiger partial charge in [0.15, 0.2) is 11.5 Å². The highest BCUT2D eigenvalue weighted by molar-refractivity contribution is 7.22. The first-order valence-electron chi connectivity index (χ1n) is 42.8. The summed E-state index contributed by atoms with van der Waals surface area (Å²) in [5.41, 5.74) is 53.9. The van der Waals surface area contributed by atoms with E-state index in [1.54, 1.807) is 110 Å². The summed E-state index contributed by atoms with van der Waals surface area (Å²) in [7, 11) is 15.9. The quantitative estimate of drug-likeness (QED) is 0.0250. The molecular weight excluding hydrogens is 2030 g/mol. The number of carbonyl (C=O) groups excluding carboxylic acids is 14. The molecule has 764 valence electrons. The number of ether oxygens (including phenoxy) is 3. The maximum absolute atomic E-state index is 13.2. The number of carbonyl (C=O) groups is 14. The Bertz CT molecular complexity index is 6980. The van der Waals surface area contributed by atoms with Gasteiger partial charge in [-0.1, -0.05) is 72.8 Å². The van der Waals surface area contributed by atoms with Crippen LogP contribution in [0.15, 0.2) is 206 Å². The van der Waals surface area contributed by atoms with Gasteiger partial charge in [0.05, 0.1) is 64.3 Å². The van der Waals surface area contributed by atoms with Crippen LogP contribution in [-0.4, -0.2) is 166 Å². The minimum absolute atomic E-state index is 0.0271. The predicted molar refractivity (Wildman–Crippen MR) is 576 cm³/mol. The summed E-state index contributed by atoms with van der Waals surface area (Å²) < 4.78 is 28.9. The van der Waals surface area contributed by atoms with E-state index < -0.39 is 77.5 Å². The molecule has 0 bridgehead atoms. The molecular formula is C97H99FN24O18S7. The Balaban J connectivity index is 0.000000191. The van der Waals surface area contributed by atoms with E-state index in [1.165, 1.54) is 136 Å². The second kappa shape index (κ2) is 53.7. The van der Waals surface area contributed by atoms with Crippen LogP contribution < -0.4 is 139 Å². The summed E-state index contributed by atoms with van der Waals surface area (Å²) in [6.45, 7) is 0.167. The summed E-state index contributed by atoms with van der Waals surface area (Å²) in [6, 6.07) is 58.8. The number of thiophene rings is 7. The average Bonchev–Trinajstić information content (AvgIpc) is 1.64. The molecule has 7 aromatic heterocycles. The first-order valence-corrected chi connectivity index (χ1v) is 48.5. The number of nitrogens with zero attached hydrogens (tertiary/aromatic N) is 2. The molecule has 0 unspecified atom stereocenters. The topological polar surface area (TPSA) is 691 Å². The van der Waals surface area contributed by atoms with Gasteiger partial charge in [0.2, 0.25) is 6.79 Å². The molecule has 14 aromatic rings. The number of aliphatic hydroxyl groups excluding tert-OH is 1. The number of hydrogen-bond acceptors (Lipinski definition) is 28. The number of nitrogen functional groups attached to an aromatic ring is 1. The summed E-state index contributed by atoms with van der Waals surface area (Å²) in [5, 5.41) is 55.6. The van der Waals surface area contributed by atoms with Gasteiger partial charge in [-0.3, -0.25) is 70.8 Å². The van der Waals surface area contributed by atoms with Crippen LogP contribution >= 0.6 is 79.4 Å². The van der Waals surface area contributed by atoms with Crippen molar-refractivity contribution >= 4 is 209 Å². The smallest absolute Gasteiger partial charge is 0.319 e. The van der Waals surface area contributed by atoms with Gasteiger partial charge in [0, 0.05) is 109 Å². The molecule has 147 heavy (non-hydrogen) atoms. The molecule has 15 rings (SSSR count). The molecule has 42 nitrogen and oxygen atoms in total. The van der Waals surface area contributed by atoms with Crippen LogP contribution in [0.25, 0.3) is 73.1 Å². The standard InChI is InChI=1S/C15H18N4O2S.C14H12N4O2S.C14H13N3O4S.2C14H15N3O3S.C13H12FN3O2S.C13H14N4O2S/c1-17-15(21)18-14-11(13(16)20)8-12(22-14)9-4-6-10(7-5-9)19(2)3;1-17-14(20)18-13-10(12(16)19)6-11(21-13)9-4-2-8(7-15)3-5-9;1-16-14(19)17-13-8(12(15)18)5-11(22-13)7-2-3-9-10(4-7)21-6-20-9;1-16-14(19)17-13-10(12(15)18)7-11(21-13)8-3-5-9(20-2)6-4-8;1-16-14(20)17-13-10(12(15)19)6-11(21-13)9-4-2-8(7-18)3-5-9;2*1-16-13(19)17-12-9(11(15)18)6-10(20-12)7-3-2-4-8(14)5-7/h4-8H,1-3H3,(H2,16,20)(H2,17,18,21);2-6H,1H3,(H2,16,19)(H2,17,18,20);2-5H,6H2,1H3,(H2,15,18)(H2,16,17,19);3-7H,1-2H3,(H2,15,18)(H2,16,17,19);2-6,18H,7H2,1H3,(H2,15,19)(H2,16,17,20);2-6H,1H3,(H2,15,18)(H2,16,17,19);2-6H,14H2,1H3,(H2,15,18)(H2,16,17,19). The Hall–Kier alpha value is -18.0. The molecule has 0 fully saturated rings. The van der Waals surface area contributed by atoms with Crippen molar-refractivity contribution in [1.29, 1.82) is 5.26 Å². The van der Waals surface area contributed by atoms with Crippen molar-refractivity contribution in [3.63, 3.8) is 0 Å². The molecule has 1 aliphatic rings. The molecule has 31 N–H and O–H groups in total. The monoisotopic (exact) mass is 2130 g/mol. The Labute approximate surface area is 867 Å². The summed E-state index contributed by atoms with van der Waals surface area (Å²) >= 11 is 8.78. The zero-order chi connectivity index (χ0) is 108. The van der Waals surface area contributed by atoms with Crippen LogP contribution in [0.4, 0.5) is 84.3 Å². The van der Waals surface area contributed by atoms with Crippen LogP contribution in [0.1, 0.15) is 83.6 Å². The van der Waals surface area contributed by atoms with Crippen LogP contribution in [0.2, 0.25) is 0 Å². The Morgan fingerprint density at radius 1 is 0.347 bits per heavy atom. The zero-order valence-electron chi connectivity index (χ0n) is 79.7. The molecule has 0 aliphatic carbocycles. The Morgan fingerprint density at radius 3 is 0.871 bits per heavy atom. The van der Waals surface area contributed by atoms with Crippen LogP contribution in [0.5, 0.6) is 17.2 Å². The number of methoxy groups -OCH3 is 1. The van der Waals surface area contributed by atoms with Crippen molar-refractivity contribution in [2.45, 2.75) is 6.61 Å². The lowest BCUT2D eigenvalue weighted by Gasteiger charge is -2.12. The zero-order valence-corrected chi connectivity index (χ0v) is 85.4. The molecule has 8 heterocycles. The van der Waals surface area contributed by atoms with Crippen molar-refractivity contribution in [1.82, 2.24) is 37.2 Å². The number of rotatable bonds is 24. The maximum Gasteiger partial charge on any atom is 0.319 e. The van der Waals surface area contributed by atoms with Crippen molar-refractivity contribution in [3.05, 3.63) is 262 Å². The molecule has 0 saturated heterocycles. The van der Waals surface area contributed by atoms with Crippen molar-refractivity contribution in [2.75, 3.05) is 125 Å². The minimum Gasteiger partial charge on any atom is -0.497 e. The number of primary amides is 7. The normalized spacial score (nSPS) is 10.3. The number of urea groups is 7. The number of nitriles is 1. The number of nitrogens with one attached hydrogen (secondary N) is 14. The van der Waals surface area contributed by atoms with Crippen LogP contribution in [-0.2, 0) is 6.61 Å². The molecule has 1 aliphatic heterocycles. The molecule has 0 radical (unpaired) electrons. The molecule has 0 atom stereocenters. The molecule has 21 amide bonds. The van der Waals surface area contributed by atoms with Gasteiger partial charge in [-0.15, -0.1) is 79.4 Å². The summed E-state index contributed by atoms with van der Waals surface area (Å²) in [5.74, 6) is -2.53. The average molecular weight is 2130 g/mol. The first-order chi connectivity index (χ1) is 70.1. The number of halogens is 1. The Morgan fingerprint density at radius 2 is 0.605 bits per heavy atom. The van der Waals surface area contributed by atoms with Gasteiger partial charge in [0.25, 0.3) is 41.4 Å². The van der Waals surface area contributed by atoms with Crippen molar-refractivity contribution < 1.29 is 90.8 Å². The summed E-state index contributed by atoms with van der Waals surface area (Å²) in [6.07, 6.45) is 0. The third kappa shape index (κ3) is 31.7. The van der Waals surface area contributed by atoms with Crippen LogP contribution in [0.3, 0.4) is 0 Å². The second-order valence-corrected chi connectivity index (χ2v) is 37.2. The van der Waals surface area contributed by atoms with E-state index in [0.29, 0.717) is 73.8 Å². The van der Waals surface area contributed by atoms with Crippen molar-refractivity contribution in [3.8, 4) is 96.4 Å². The highest BCUT2D eigenvalue weighted by Crippen LogP contribution is 2.45. The number of anilines is 9. The van der Waals surface area contributed by atoms with E-state index in [9.17, 15) is 71.5 Å². The van der Waals surface area contributed by atoms with Gasteiger partial charge in [-0.2, -0.15) is 5.26 Å². The number of hydrogen-bond donors (Lipinski definition) is 23. The van der Waals surface area contributed by atoms with Gasteiger partial charge in [-0.25, -0.2) is 38.0 Å². The fourth-order valence-corrected chi connectivity index (χ4v) is 19.8. The third-order valence-electron chi connectivity index (χ3n) is 19.9. The van der Waals surface area contributed by atoms with Gasteiger partial charge < -0.3 is 107 Å². The van der Waals surface area contributed by atoms with E-state index in [1.807, 2.05) is 110 Å². The molecule has 0 saturated carbocycles. The largest absolute Gasteiger partial charge is 0.497 e. The summed E-state index contributed by atoms with van der Waals surface area (Å²) in [4.78, 5) is 168. The second-order valence-electron chi connectivity index (χ2n) is 29.9.